The maximum atomic E-state index is 6.02. The van der Waals surface area contributed by atoms with E-state index in [0.717, 1.165) is 5.56 Å². The third-order valence-corrected chi connectivity index (χ3v) is 2.49. The Bertz CT molecular complexity index is 298. The van der Waals surface area contributed by atoms with E-state index in [1.807, 2.05) is 23.6 Å². The van der Waals surface area contributed by atoms with E-state index in [9.17, 15) is 0 Å². The molecule has 0 radical (unpaired) electrons. The zero-order valence-corrected chi connectivity index (χ0v) is 7.21. The third kappa shape index (κ3) is 1.24. The molecule has 12 heavy (non-hydrogen) atoms. The molecule has 4 heteroatoms. The lowest BCUT2D eigenvalue weighted by Gasteiger charge is -2.21. The average molecular weight is 179 g/mol. The fraction of sp³-hybridized carbons (Fsp3) is 0.125. The first-order valence-corrected chi connectivity index (χ1v) is 4.49. The quantitative estimate of drug-likeness (QED) is 0.630. The van der Waals surface area contributed by atoms with Crippen LogP contribution in [0.15, 0.2) is 36.0 Å². The van der Waals surface area contributed by atoms with Crippen molar-refractivity contribution in [1.82, 2.24) is 9.71 Å². The summed E-state index contributed by atoms with van der Waals surface area (Å²) in [5.74, 6) is 0. The van der Waals surface area contributed by atoms with E-state index in [0.29, 0.717) is 0 Å². The van der Waals surface area contributed by atoms with E-state index in [1.54, 1.807) is 12.4 Å². The second-order valence-corrected chi connectivity index (χ2v) is 3.35. The molecule has 0 saturated heterocycles. The first-order chi connectivity index (χ1) is 5.81. The van der Waals surface area contributed by atoms with Gasteiger partial charge in [0.15, 0.2) is 0 Å². The Morgan fingerprint density at radius 3 is 3.08 bits per heavy atom. The van der Waals surface area contributed by atoms with Gasteiger partial charge in [-0.3, -0.25) is 4.98 Å². The largest absolute Gasteiger partial charge is 0.305 e. The molecular formula is C8H9N3S. The summed E-state index contributed by atoms with van der Waals surface area (Å²) in [5, 5.41) is 1.94. The molecule has 0 aliphatic carbocycles. The molecule has 0 aromatic carbocycles. The highest BCUT2D eigenvalue weighted by atomic mass is 32.2. The van der Waals surface area contributed by atoms with Crippen LogP contribution in [0.25, 0.3) is 0 Å². The van der Waals surface area contributed by atoms with Crippen molar-refractivity contribution >= 4 is 11.9 Å². The molecule has 1 aromatic rings. The van der Waals surface area contributed by atoms with Crippen LogP contribution >= 0.6 is 11.9 Å². The SMILES string of the molecule is NC1(c2cccnc2)C=CSN1. The molecule has 1 atom stereocenters. The Morgan fingerprint density at radius 1 is 1.58 bits per heavy atom. The summed E-state index contributed by atoms with van der Waals surface area (Å²) in [4.78, 5) is 4.01. The van der Waals surface area contributed by atoms with Crippen molar-refractivity contribution in [3.05, 3.63) is 41.6 Å². The van der Waals surface area contributed by atoms with Crippen LogP contribution in [0.5, 0.6) is 0 Å². The summed E-state index contributed by atoms with van der Waals surface area (Å²) in [6.07, 6.45) is 5.43. The topological polar surface area (TPSA) is 50.9 Å². The maximum Gasteiger partial charge on any atom is 0.123 e. The van der Waals surface area contributed by atoms with Crippen molar-refractivity contribution < 1.29 is 0 Å². The monoisotopic (exact) mass is 179 g/mol. The van der Waals surface area contributed by atoms with E-state index in [1.165, 1.54) is 11.9 Å². The van der Waals surface area contributed by atoms with Crippen molar-refractivity contribution in [2.45, 2.75) is 5.66 Å². The molecule has 1 aromatic heterocycles. The third-order valence-electron chi connectivity index (χ3n) is 1.77. The van der Waals surface area contributed by atoms with Gasteiger partial charge in [0.25, 0.3) is 0 Å². The van der Waals surface area contributed by atoms with Crippen molar-refractivity contribution in [3.8, 4) is 0 Å². The van der Waals surface area contributed by atoms with Crippen molar-refractivity contribution in [1.29, 1.82) is 0 Å². The summed E-state index contributed by atoms with van der Waals surface area (Å²) < 4.78 is 3.09. The number of rotatable bonds is 1. The second-order valence-electron chi connectivity index (χ2n) is 2.63. The van der Waals surface area contributed by atoms with Crippen LogP contribution in [0.2, 0.25) is 0 Å². The Morgan fingerprint density at radius 2 is 2.50 bits per heavy atom. The van der Waals surface area contributed by atoms with Gasteiger partial charge in [-0.05, 0) is 17.6 Å². The Balaban J connectivity index is 2.36. The number of hydrogen-bond donors (Lipinski definition) is 2. The van der Waals surface area contributed by atoms with Gasteiger partial charge in [0, 0.05) is 18.0 Å². The predicted molar refractivity (Wildman–Crippen MR) is 50.0 cm³/mol. The minimum atomic E-state index is -0.543. The van der Waals surface area contributed by atoms with Gasteiger partial charge in [-0.1, -0.05) is 18.0 Å². The summed E-state index contributed by atoms with van der Waals surface area (Å²) in [5.41, 5.74) is 6.46. The fourth-order valence-electron chi connectivity index (χ4n) is 1.07. The van der Waals surface area contributed by atoms with Crippen LogP contribution in [0.1, 0.15) is 5.56 Å². The fourth-order valence-corrected chi connectivity index (χ4v) is 1.80. The minimum absolute atomic E-state index is 0.543. The molecule has 0 amide bonds. The van der Waals surface area contributed by atoms with Gasteiger partial charge >= 0.3 is 0 Å². The summed E-state index contributed by atoms with van der Waals surface area (Å²) >= 11 is 1.49. The first kappa shape index (κ1) is 7.79. The van der Waals surface area contributed by atoms with Gasteiger partial charge in [-0.15, -0.1) is 0 Å². The molecular weight excluding hydrogens is 170 g/mol. The average Bonchev–Trinajstić information content (AvgIpc) is 2.55. The van der Waals surface area contributed by atoms with Gasteiger partial charge in [0.05, 0.1) is 0 Å². The molecule has 2 rings (SSSR count). The molecule has 1 aliphatic rings. The molecule has 1 aliphatic heterocycles. The molecule has 3 N–H and O–H groups in total. The first-order valence-electron chi connectivity index (χ1n) is 3.61. The standard InChI is InChI=1S/C8H9N3S/c9-8(3-5-12-11-8)7-2-1-4-10-6-7/h1-6,11H,9H2. The van der Waals surface area contributed by atoms with E-state index in [4.69, 9.17) is 5.73 Å². The smallest absolute Gasteiger partial charge is 0.123 e. The van der Waals surface area contributed by atoms with Crippen LogP contribution in [0, 0.1) is 0 Å². The lowest BCUT2D eigenvalue weighted by molar-refractivity contribution is 0.553. The van der Waals surface area contributed by atoms with Gasteiger partial charge in [-0.25, -0.2) is 4.72 Å². The second kappa shape index (κ2) is 2.90. The molecule has 1 unspecified atom stereocenters. The summed E-state index contributed by atoms with van der Waals surface area (Å²) in [7, 11) is 0. The number of hydrogen-bond acceptors (Lipinski definition) is 4. The predicted octanol–water partition coefficient (Wildman–Crippen LogP) is 0.958. The van der Waals surface area contributed by atoms with Crippen LogP contribution in [0.4, 0.5) is 0 Å². The summed E-state index contributed by atoms with van der Waals surface area (Å²) in [6, 6.07) is 3.83. The highest BCUT2D eigenvalue weighted by Gasteiger charge is 2.26. The lowest BCUT2D eigenvalue weighted by Crippen LogP contribution is -2.42. The summed E-state index contributed by atoms with van der Waals surface area (Å²) in [6.45, 7) is 0. The van der Waals surface area contributed by atoms with E-state index < -0.39 is 5.66 Å². The lowest BCUT2D eigenvalue weighted by atomic mass is 10.0. The van der Waals surface area contributed by atoms with E-state index in [-0.39, 0.29) is 0 Å². The number of pyridine rings is 1. The van der Waals surface area contributed by atoms with E-state index >= 15 is 0 Å². The van der Waals surface area contributed by atoms with Gasteiger partial charge < -0.3 is 5.73 Å². The molecule has 0 fully saturated rings. The van der Waals surface area contributed by atoms with Crippen molar-refractivity contribution in [3.63, 3.8) is 0 Å². The Labute approximate surface area is 75.2 Å². The Kier molecular flexibility index (Phi) is 1.88. The highest BCUT2D eigenvalue weighted by Crippen LogP contribution is 2.25. The van der Waals surface area contributed by atoms with Crippen LogP contribution < -0.4 is 10.5 Å². The minimum Gasteiger partial charge on any atom is -0.305 e. The maximum absolute atomic E-state index is 6.02. The zero-order chi connectivity index (χ0) is 8.44. The molecule has 0 spiro atoms. The van der Waals surface area contributed by atoms with Gasteiger partial charge in [0.2, 0.25) is 0 Å². The number of nitrogens with two attached hydrogens (primary N) is 1. The van der Waals surface area contributed by atoms with Gasteiger partial charge in [-0.2, -0.15) is 0 Å². The van der Waals surface area contributed by atoms with Crippen LogP contribution in [-0.2, 0) is 5.66 Å². The highest BCUT2D eigenvalue weighted by molar-refractivity contribution is 8.00. The van der Waals surface area contributed by atoms with Gasteiger partial charge in [0.1, 0.15) is 5.66 Å². The zero-order valence-electron chi connectivity index (χ0n) is 6.40. The number of aromatic nitrogens is 1. The molecule has 62 valence electrons. The molecule has 0 saturated carbocycles. The normalized spacial score (nSPS) is 27.8. The van der Waals surface area contributed by atoms with Crippen LogP contribution in [-0.4, -0.2) is 4.98 Å². The van der Waals surface area contributed by atoms with E-state index in [2.05, 4.69) is 9.71 Å². The van der Waals surface area contributed by atoms with Crippen molar-refractivity contribution in [2.75, 3.05) is 0 Å². The molecule has 0 bridgehead atoms. The molecule has 3 nitrogen and oxygen atoms in total. The Hall–Kier alpha value is -0.840. The molecule has 2 heterocycles. The van der Waals surface area contributed by atoms with Crippen molar-refractivity contribution in [2.24, 2.45) is 5.73 Å². The number of nitrogens with one attached hydrogen (secondary N) is 1. The number of nitrogens with zero attached hydrogens (tertiary/aromatic N) is 1. The van der Waals surface area contributed by atoms with Crippen LogP contribution in [0.3, 0.4) is 0 Å².